The Morgan fingerprint density at radius 2 is 2.00 bits per heavy atom. The summed E-state index contributed by atoms with van der Waals surface area (Å²) < 4.78 is 33.3. The number of likely N-dealkylation sites (tertiary alicyclic amines) is 1. The fourth-order valence-corrected chi connectivity index (χ4v) is 5.94. The van der Waals surface area contributed by atoms with Crippen molar-refractivity contribution in [2.75, 3.05) is 42.9 Å². The number of amides is 1. The van der Waals surface area contributed by atoms with Crippen molar-refractivity contribution in [2.45, 2.75) is 45.1 Å². The lowest BCUT2D eigenvalue weighted by atomic mass is 9.72. The van der Waals surface area contributed by atoms with Gasteiger partial charge in [0.15, 0.2) is 5.65 Å². The zero-order valence-electron chi connectivity index (χ0n) is 20.5. The predicted octanol–water partition coefficient (Wildman–Crippen LogP) is 3.86. The van der Waals surface area contributed by atoms with Crippen LogP contribution in [0.5, 0.6) is 5.75 Å². The number of aromatic nitrogens is 3. The third-order valence-electron chi connectivity index (χ3n) is 7.63. The highest BCUT2D eigenvalue weighted by Gasteiger charge is 2.45. The van der Waals surface area contributed by atoms with E-state index in [0.29, 0.717) is 11.2 Å². The SMILES string of the molecule is CC1(C)Cc2cc(NC(=O)c3cnn4cccnc34)c(N3CCC4(CC3)CN(CC(F)F)C4)cc2O1. The summed E-state index contributed by atoms with van der Waals surface area (Å²) in [5.74, 6) is 0.580. The molecule has 10 heteroatoms. The second kappa shape index (κ2) is 8.40. The minimum atomic E-state index is -2.28. The number of carbonyl (C=O) groups excluding carboxylic acids is 1. The van der Waals surface area contributed by atoms with Gasteiger partial charge in [-0.15, -0.1) is 0 Å². The van der Waals surface area contributed by atoms with E-state index in [1.165, 1.54) is 6.20 Å². The van der Waals surface area contributed by atoms with Crippen molar-refractivity contribution < 1.29 is 18.3 Å². The molecule has 3 aromatic rings. The second-order valence-corrected chi connectivity index (χ2v) is 11.0. The molecule has 0 unspecified atom stereocenters. The molecule has 0 radical (unpaired) electrons. The average Bonchev–Trinajstić information content (AvgIpc) is 3.37. The molecule has 0 aliphatic carbocycles. The molecule has 1 aromatic carbocycles. The topological polar surface area (TPSA) is 75.0 Å². The maximum Gasteiger partial charge on any atom is 0.261 e. The molecule has 0 atom stereocenters. The van der Waals surface area contributed by atoms with E-state index in [2.05, 4.69) is 34.1 Å². The van der Waals surface area contributed by atoms with Crippen LogP contribution in [0.2, 0.25) is 0 Å². The number of nitrogens with one attached hydrogen (secondary N) is 1. The Bertz CT molecular complexity index is 1310. The van der Waals surface area contributed by atoms with Gasteiger partial charge in [0.25, 0.3) is 12.3 Å². The molecule has 3 aliphatic rings. The Labute approximate surface area is 208 Å². The summed E-state index contributed by atoms with van der Waals surface area (Å²) in [6.07, 6.45) is 5.26. The second-order valence-electron chi connectivity index (χ2n) is 11.0. The van der Waals surface area contributed by atoms with Crippen molar-refractivity contribution in [1.29, 1.82) is 0 Å². The third-order valence-corrected chi connectivity index (χ3v) is 7.63. The van der Waals surface area contributed by atoms with Crippen LogP contribution >= 0.6 is 0 Å². The summed E-state index contributed by atoms with van der Waals surface area (Å²) in [5.41, 5.74) is 3.44. The number of fused-ring (bicyclic) bond motifs is 2. The number of anilines is 2. The first-order valence-electron chi connectivity index (χ1n) is 12.4. The lowest BCUT2D eigenvalue weighted by molar-refractivity contribution is -0.0487. The van der Waals surface area contributed by atoms with E-state index in [9.17, 15) is 13.6 Å². The van der Waals surface area contributed by atoms with Crippen LogP contribution in [0, 0.1) is 5.41 Å². The van der Waals surface area contributed by atoms with E-state index < -0.39 is 6.43 Å². The number of nitrogens with zero attached hydrogens (tertiary/aromatic N) is 5. The molecule has 0 bridgehead atoms. The zero-order chi connectivity index (χ0) is 25.1. The highest BCUT2D eigenvalue weighted by atomic mass is 19.3. The molecule has 2 fully saturated rings. The Balaban J connectivity index is 1.25. The summed E-state index contributed by atoms with van der Waals surface area (Å²) in [5, 5.41) is 7.35. The van der Waals surface area contributed by atoms with Crippen molar-refractivity contribution in [3.05, 3.63) is 47.9 Å². The molecule has 190 valence electrons. The number of alkyl halides is 2. The molecule has 3 aliphatic heterocycles. The summed E-state index contributed by atoms with van der Waals surface area (Å²) in [6.45, 7) is 7.04. The first-order valence-corrected chi connectivity index (χ1v) is 12.4. The molecule has 5 heterocycles. The van der Waals surface area contributed by atoms with Crippen LogP contribution in [0.1, 0.15) is 42.6 Å². The highest BCUT2D eigenvalue weighted by Crippen LogP contribution is 2.45. The fourth-order valence-electron chi connectivity index (χ4n) is 5.94. The van der Waals surface area contributed by atoms with Crippen molar-refractivity contribution in [3.63, 3.8) is 0 Å². The van der Waals surface area contributed by atoms with Crippen molar-refractivity contribution in [2.24, 2.45) is 5.41 Å². The lowest BCUT2D eigenvalue weighted by Crippen LogP contribution is -2.61. The van der Waals surface area contributed by atoms with Gasteiger partial charge >= 0.3 is 0 Å². The van der Waals surface area contributed by atoms with E-state index >= 15 is 0 Å². The first-order chi connectivity index (χ1) is 17.2. The van der Waals surface area contributed by atoms with E-state index in [0.717, 1.165) is 68.1 Å². The van der Waals surface area contributed by atoms with Gasteiger partial charge < -0.3 is 15.0 Å². The molecule has 0 saturated carbocycles. The molecule has 2 saturated heterocycles. The van der Waals surface area contributed by atoms with Crippen molar-refractivity contribution >= 4 is 22.9 Å². The number of piperidine rings is 1. The van der Waals surface area contributed by atoms with Gasteiger partial charge in [-0.3, -0.25) is 9.69 Å². The molecule has 1 spiro atoms. The lowest BCUT2D eigenvalue weighted by Gasteiger charge is -2.54. The maximum atomic E-state index is 13.3. The van der Waals surface area contributed by atoms with Crippen molar-refractivity contribution in [1.82, 2.24) is 19.5 Å². The van der Waals surface area contributed by atoms with Crippen LogP contribution < -0.4 is 15.0 Å². The summed E-state index contributed by atoms with van der Waals surface area (Å²) in [7, 11) is 0. The molecule has 6 rings (SSSR count). The number of ether oxygens (including phenoxy) is 1. The average molecular weight is 497 g/mol. The number of halogens is 2. The largest absolute Gasteiger partial charge is 0.487 e. The molecule has 2 aromatic heterocycles. The van der Waals surface area contributed by atoms with Gasteiger partial charge in [-0.25, -0.2) is 18.3 Å². The third kappa shape index (κ3) is 4.17. The number of rotatable bonds is 5. The quantitative estimate of drug-likeness (QED) is 0.578. The van der Waals surface area contributed by atoms with Crippen LogP contribution in [-0.4, -0.2) is 70.2 Å². The first kappa shape index (κ1) is 23.1. The predicted molar refractivity (Wildman–Crippen MR) is 132 cm³/mol. The molecule has 8 nitrogen and oxygen atoms in total. The van der Waals surface area contributed by atoms with E-state index in [-0.39, 0.29) is 23.5 Å². The fraction of sp³-hybridized carbons (Fsp3) is 0.500. The smallest absolute Gasteiger partial charge is 0.261 e. The maximum absolute atomic E-state index is 13.3. The van der Waals surface area contributed by atoms with Gasteiger partial charge in [0.05, 0.1) is 24.1 Å². The van der Waals surface area contributed by atoms with E-state index in [4.69, 9.17) is 4.74 Å². The Morgan fingerprint density at radius 3 is 2.75 bits per heavy atom. The van der Waals surface area contributed by atoms with E-state index in [1.54, 1.807) is 23.0 Å². The van der Waals surface area contributed by atoms with Gasteiger partial charge in [0.2, 0.25) is 0 Å². The molecule has 36 heavy (non-hydrogen) atoms. The van der Waals surface area contributed by atoms with Crippen LogP contribution in [0.3, 0.4) is 0 Å². The normalized spacial score (nSPS) is 20.4. The molecular formula is C26H30F2N6O2. The number of hydrogen-bond acceptors (Lipinski definition) is 6. The van der Waals surface area contributed by atoms with Crippen molar-refractivity contribution in [3.8, 4) is 5.75 Å². The van der Waals surface area contributed by atoms with E-state index in [1.807, 2.05) is 17.0 Å². The Hall–Kier alpha value is -3.27. The molecule has 1 N–H and O–H groups in total. The monoisotopic (exact) mass is 496 g/mol. The highest BCUT2D eigenvalue weighted by molar-refractivity contribution is 6.09. The Morgan fingerprint density at radius 1 is 1.22 bits per heavy atom. The van der Waals surface area contributed by atoms with Gasteiger partial charge in [0, 0.05) is 56.6 Å². The summed E-state index contributed by atoms with van der Waals surface area (Å²) >= 11 is 0. The van der Waals surface area contributed by atoms with Crippen LogP contribution in [-0.2, 0) is 6.42 Å². The number of carbonyl (C=O) groups is 1. The zero-order valence-corrected chi connectivity index (χ0v) is 20.5. The molecular weight excluding hydrogens is 466 g/mol. The van der Waals surface area contributed by atoms with Gasteiger partial charge in [-0.2, -0.15) is 5.10 Å². The van der Waals surface area contributed by atoms with Gasteiger partial charge in [-0.05, 0) is 44.2 Å². The van der Waals surface area contributed by atoms with Gasteiger partial charge in [0.1, 0.15) is 16.9 Å². The summed E-state index contributed by atoms with van der Waals surface area (Å²) in [4.78, 5) is 21.7. The van der Waals surface area contributed by atoms with Crippen LogP contribution in [0.15, 0.2) is 36.8 Å². The van der Waals surface area contributed by atoms with Gasteiger partial charge in [-0.1, -0.05) is 0 Å². The number of hydrogen-bond donors (Lipinski definition) is 1. The number of benzene rings is 1. The minimum Gasteiger partial charge on any atom is -0.487 e. The Kier molecular flexibility index (Phi) is 5.40. The van der Waals surface area contributed by atoms with Crippen LogP contribution in [0.25, 0.3) is 5.65 Å². The summed E-state index contributed by atoms with van der Waals surface area (Å²) in [6, 6.07) is 5.82. The minimum absolute atomic E-state index is 0.118. The van der Waals surface area contributed by atoms with Crippen LogP contribution in [0.4, 0.5) is 20.2 Å². The molecule has 1 amide bonds. The standard InChI is InChI=1S/C26H30F2N6O2/c1-25(2)12-17-10-19(31-24(35)18-13-30-34-7-3-6-29-23(18)34)20(11-21(17)36-25)33-8-4-26(5-9-33)15-32(16-26)14-22(27)28/h3,6-7,10-11,13,22H,4-5,8-9,12,14-16H2,1-2H3,(H,31,35).